The van der Waals surface area contributed by atoms with Crippen LogP contribution < -0.4 is 4.74 Å². The molecule has 0 N–H and O–H groups in total. The van der Waals surface area contributed by atoms with Crippen LogP contribution in [0.25, 0.3) is 11.1 Å². The Morgan fingerprint density at radius 1 is 0.811 bits per heavy atom. The Balaban J connectivity index is 1.27. The summed E-state index contributed by atoms with van der Waals surface area (Å²) in [5.41, 5.74) is -0.880. The molecule has 1 heterocycles. The fourth-order valence-electron chi connectivity index (χ4n) is 5.29. The highest BCUT2D eigenvalue weighted by Crippen LogP contribution is 2.46. The molecular weight excluding hydrogens is 530 g/mol. The quantitative estimate of drug-likeness (QED) is 0.282. The summed E-state index contributed by atoms with van der Waals surface area (Å²) in [6.45, 7) is 2.23. The maximum Gasteiger partial charge on any atom is 0.397 e. The smallest absolute Gasteiger partial charge is 0.397 e. The molecule has 2 aliphatic rings. The topological polar surface area (TPSA) is 9.23 Å². The first-order valence-electron chi connectivity index (χ1n) is 12.9. The predicted molar refractivity (Wildman–Crippen MR) is 139 cm³/mol. The molecule has 1 aliphatic carbocycles. The molecule has 0 bridgehead atoms. The highest BCUT2D eigenvalue weighted by molar-refractivity contribution is 8.17. The molecule has 1 nitrogen and oxygen atoms in total. The van der Waals surface area contributed by atoms with Crippen LogP contribution in [0, 0.1) is 41.0 Å². The van der Waals surface area contributed by atoms with Gasteiger partial charge in [-0.1, -0.05) is 32.3 Å². The molecule has 2 aromatic carbocycles. The van der Waals surface area contributed by atoms with E-state index in [-0.39, 0.29) is 17.9 Å². The first-order chi connectivity index (χ1) is 17.6. The van der Waals surface area contributed by atoms with Crippen LogP contribution >= 0.6 is 23.5 Å². The van der Waals surface area contributed by atoms with Gasteiger partial charge in [0, 0.05) is 12.1 Å². The van der Waals surface area contributed by atoms with Gasteiger partial charge in [0.15, 0.2) is 11.6 Å². The Kier molecular flexibility index (Phi) is 9.70. The maximum absolute atomic E-state index is 14.6. The summed E-state index contributed by atoms with van der Waals surface area (Å²) in [7, 11) is 0. The molecule has 1 saturated carbocycles. The summed E-state index contributed by atoms with van der Waals surface area (Å²) in [5, 5.41) is 0. The molecule has 1 aliphatic heterocycles. The Morgan fingerprint density at radius 2 is 1.46 bits per heavy atom. The summed E-state index contributed by atoms with van der Waals surface area (Å²) in [6.07, 6.45) is 2.57. The average molecular weight is 563 g/mol. The van der Waals surface area contributed by atoms with Crippen molar-refractivity contribution in [2.45, 2.75) is 69.0 Å². The van der Waals surface area contributed by atoms with Crippen LogP contribution in [0.2, 0.25) is 0 Å². The standard InChI is InChI=1S/C28H32F6OS2/c1-2-3-18-15-36-27(37-16-18)19-6-4-17(5-7-19)10-11-28(33,34)35-21-13-24(31)26(25(32)14-21)20-8-9-22(29)23(30)12-20/h8-9,12-14,17-19,27H,2-7,10-11,15-16H2,1H3. The van der Waals surface area contributed by atoms with Crippen molar-refractivity contribution in [3.8, 4) is 16.9 Å². The van der Waals surface area contributed by atoms with Gasteiger partial charge in [-0.3, -0.25) is 0 Å². The van der Waals surface area contributed by atoms with Crippen LogP contribution in [0.1, 0.15) is 58.3 Å². The minimum atomic E-state index is -3.58. The van der Waals surface area contributed by atoms with Crippen LogP contribution in [0.3, 0.4) is 0 Å². The Morgan fingerprint density at radius 3 is 2.05 bits per heavy atom. The monoisotopic (exact) mass is 562 g/mol. The molecular formula is C28H32F6OS2. The van der Waals surface area contributed by atoms with E-state index in [1.165, 1.54) is 24.3 Å². The lowest BCUT2D eigenvalue weighted by Crippen LogP contribution is -2.29. The van der Waals surface area contributed by atoms with Crippen LogP contribution in [0.4, 0.5) is 26.3 Å². The fraction of sp³-hybridized carbons (Fsp3) is 0.571. The van der Waals surface area contributed by atoms with Gasteiger partial charge in [-0.15, -0.1) is 23.5 Å². The van der Waals surface area contributed by atoms with Gasteiger partial charge >= 0.3 is 6.11 Å². The highest BCUT2D eigenvalue weighted by Gasteiger charge is 2.36. The number of rotatable bonds is 9. The largest absolute Gasteiger partial charge is 0.432 e. The molecule has 1 saturated heterocycles. The summed E-state index contributed by atoms with van der Waals surface area (Å²) in [4.78, 5) is 0. The van der Waals surface area contributed by atoms with E-state index in [9.17, 15) is 26.3 Å². The van der Waals surface area contributed by atoms with Crippen LogP contribution in [-0.4, -0.2) is 22.2 Å². The van der Waals surface area contributed by atoms with Crippen molar-refractivity contribution < 1.29 is 31.1 Å². The van der Waals surface area contributed by atoms with Gasteiger partial charge < -0.3 is 4.74 Å². The van der Waals surface area contributed by atoms with Gasteiger partial charge in [0.05, 0.1) is 16.6 Å². The van der Waals surface area contributed by atoms with Gasteiger partial charge in [0.2, 0.25) is 0 Å². The number of benzene rings is 2. The normalized spacial score (nSPS) is 24.7. The summed E-state index contributed by atoms with van der Waals surface area (Å²) >= 11 is 4.13. The second-order valence-corrected chi connectivity index (χ2v) is 12.8. The van der Waals surface area contributed by atoms with E-state index in [1.807, 2.05) is 0 Å². The molecule has 0 radical (unpaired) electrons. The van der Waals surface area contributed by atoms with Gasteiger partial charge in [-0.2, -0.15) is 8.78 Å². The molecule has 2 fully saturated rings. The number of thioether (sulfide) groups is 2. The maximum atomic E-state index is 14.6. The third kappa shape index (κ3) is 7.55. The molecule has 2 aromatic rings. The summed E-state index contributed by atoms with van der Waals surface area (Å²) < 4.78 is 90.1. The number of hydrogen-bond donors (Lipinski definition) is 0. The van der Waals surface area contributed by atoms with E-state index in [4.69, 9.17) is 0 Å². The zero-order chi connectivity index (χ0) is 26.6. The number of ether oxygens (including phenoxy) is 1. The van der Waals surface area contributed by atoms with Crippen molar-refractivity contribution in [1.82, 2.24) is 0 Å². The third-order valence-electron chi connectivity index (χ3n) is 7.30. The van der Waals surface area contributed by atoms with Gasteiger partial charge in [-0.05, 0) is 72.6 Å². The van der Waals surface area contributed by atoms with Gasteiger partial charge in [0.1, 0.15) is 17.4 Å². The van der Waals surface area contributed by atoms with Crippen LogP contribution in [-0.2, 0) is 0 Å². The molecule has 9 heteroatoms. The molecule has 0 amide bonds. The minimum absolute atomic E-state index is 0.182. The van der Waals surface area contributed by atoms with E-state index < -0.39 is 47.1 Å². The van der Waals surface area contributed by atoms with Crippen molar-refractivity contribution in [2.75, 3.05) is 11.5 Å². The molecule has 0 atom stereocenters. The van der Waals surface area contributed by atoms with E-state index in [0.717, 1.165) is 43.7 Å². The molecule has 0 aromatic heterocycles. The number of hydrogen-bond acceptors (Lipinski definition) is 3. The lowest BCUT2D eigenvalue weighted by atomic mass is 9.80. The Labute approximate surface area is 223 Å². The van der Waals surface area contributed by atoms with E-state index in [0.29, 0.717) is 28.7 Å². The lowest BCUT2D eigenvalue weighted by molar-refractivity contribution is -0.183. The molecule has 0 spiro atoms. The number of alkyl halides is 2. The zero-order valence-electron chi connectivity index (χ0n) is 20.8. The summed E-state index contributed by atoms with van der Waals surface area (Å²) in [6, 6.07) is 3.69. The second-order valence-electron chi connectivity index (χ2n) is 10.1. The first-order valence-corrected chi connectivity index (χ1v) is 15.0. The Bertz CT molecular complexity index is 1030. The Hall–Kier alpha value is -1.48. The zero-order valence-corrected chi connectivity index (χ0v) is 22.4. The highest BCUT2D eigenvalue weighted by atomic mass is 32.2. The van der Waals surface area contributed by atoms with Gasteiger partial charge in [0.25, 0.3) is 0 Å². The van der Waals surface area contributed by atoms with Crippen LogP contribution in [0.15, 0.2) is 30.3 Å². The number of halogens is 6. The van der Waals surface area contributed by atoms with Crippen molar-refractivity contribution in [3.63, 3.8) is 0 Å². The SMILES string of the molecule is CCCC1CSC(C2CCC(CCC(F)(F)Oc3cc(F)c(-c4ccc(F)c(F)c4)c(F)c3)CC2)SC1. The first kappa shape index (κ1) is 28.5. The summed E-state index contributed by atoms with van der Waals surface area (Å²) in [5.74, 6) is -1.42. The second kappa shape index (κ2) is 12.6. The van der Waals surface area contributed by atoms with E-state index >= 15 is 0 Å². The molecule has 4 rings (SSSR count). The van der Waals surface area contributed by atoms with Crippen molar-refractivity contribution in [2.24, 2.45) is 17.8 Å². The van der Waals surface area contributed by atoms with Gasteiger partial charge in [-0.25, -0.2) is 17.6 Å². The molecule has 37 heavy (non-hydrogen) atoms. The van der Waals surface area contributed by atoms with E-state index in [1.54, 1.807) is 0 Å². The molecule has 0 unspecified atom stereocenters. The van der Waals surface area contributed by atoms with Crippen molar-refractivity contribution >= 4 is 23.5 Å². The average Bonchev–Trinajstić information content (AvgIpc) is 2.85. The van der Waals surface area contributed by atoms with E-state index in [2.05, 4.69) is 35.2 Å². The molecule has 204 valence electrons. The predicted octanol–water partition coefficient (Wildman–Crippen LogP) is 9.69. The fourth-order valence-corrected chi connectivity index (χ4v) is 8.87. The minimum Gasteiger partial charge on any atom is -0.432 e. The van der Waals surface area contributed by atoms with Crippen LogP contribution in [0.5, 0.6) is 5.75 Å². The third-order valence-corrected chi connectivity index (χ3v) is 10.9. The van der Waals surface area contributed by atoms with Crippen molar-refractivity contribution in [1.29, 1.82) is 0 Å². The lowest BCUT2D eigenvalue weighted by Gasteiger charge is -2.37. The van der Waals surface area contributed by atoms with Crippen molar-refractivity contribution in [3.05, 3.63) is 53.6 Å².